The van der Waals surface area contributed by atoms with Crippen LogP contribution in [0.1, 0.15) is 5.56 Å². The standard InChI is InChI=1S/C14H12N4O/c19-14(18-12-7-15-9-16-8-12)6-10-1-2-13-11(5-10)3-4-17-13/h1-5,7-9,17H,6H2,(H,18,19). The molecule has 0 saturated carbocycles. The van der Waals surface area contributed by atoms with Crippen molar-refractivity contribution in [3.05, 3.63) is 54.7 Å². The number of rotatable bonds is 3. The van der Waals surface area contributed by atoms with Crippen LogP contribution < -0.4 is 5.32 Å². The van der Waals surface area contributed by atoms with E-state index >= 15 is 0 Å². The number of carbonyl (C=O) groups excluding carboxylic acids is 1. The first-order valence-corrected chi connectivity index (χ1v) is 5.92. The molecule has 0 atom stereocenters. The minimum absolute atomic E-state index is 0.0790. The van der Waals surface area contributed by atoms with Crippen LogP contribution >= 0.6 is 0 Å². The molecule has 2 N–H and O–H groups in total. The van der Waals surface area contributed by atoms with Crippen LogP contribution in [0.5, 0.6) is 0 Å². The highest BCUT2D eigenvalue weighted by molar-refractivity contribution is 5.92. The van der Waals surface area contributed by atoms with Crippen LogP contribution in [0.15, 0.2) is 49.2 Å². The van der Waals surface area contributed by atoms with Gasteiger partial charge in [-0.2, -0.15) is 0 Å². The molecule has 1 aromatic carbocycles. The van der Waals surface area contributed by atoms with E-state index in [0.717, 1.165) is 16.5 Å². The molecule has 3 aromatic rings. The van der Waals surface area contributed by atoms with Gasteiger partial charge in [0.25, 0.3) is 0 Å². The highest BCUT2D eigenvalue weighted by Crippen LogP contribution is 2.15. The Kier molecular flexibility index (Phi) is 2.94. The van der Waals surface area contributed by atoms with Crippen LogP contribution in [-0.2, 0) is 11.2 Å². The summed E-state index contributed by atoms with van der Waals surface area (Å²) in [4.78, 5) is 22.7. The van der Waals surface area contributed by atoms with Crippen molar-refractivity contribution in [2.45, 2.75) is 6.42 Å². The third-order valence-corrected chi connectivity index (χ3v) is 2.83. The minimum atomic E-state index is -0.0790. The van der Waals surface area contributed by atoms with E-state index in [4.69, 9.17) is 0 Å². The Balaban J connectivity index is 1.72. The molecule has 2 heterocycles. The molecular formula is C14H12N4O. The number of hydrogen-bond donors (Lipinski definition) is 2. The second-order valence-electron chi connectivity index (χ2n) is 4.25. The van der Waals surface area contributed by atoms with Crippen molar-refractivity contribution in [3.8, 4) is 0 Å². The fourth-order valence-corrected chi connectivity index (χ4v) is 1.97. The van der Waals surface area contributed by atoms with Gasteiger partial charge >= 0.3 is 0 Å². The molecule has 0 radical (unpaired) electrons. The van der Waals surface area contributed by atoms with Crippen molar-refractivity contribution in [2.24, 2.45) is 0 Å². The number of aromatic nitrogens is 3. The zero-order valence-electron chi connectivity index (χ0n) is 10.1. The number of carbonyl (C=O) groups is 1. The van der Waals surface area contributed by atoms with Crippen molar-refractivity contribution in [2.75, 3.05) is 5.32 Å². The Hall–Kier alpha value is -2.69. The van der Waals surface area contributed by atoms with E-state index < -0.39 is 0 Å². The largest absolute Gasteiger partial charge is 0.361 e. The number of amides is 1. The summed E-state index contributed by atoms with van der Waals surface area (Å²) in [6.07, 6.45) is 6.78. The lowest BCUT2D eigenvalue weighted by molar-refractivity contribution is -0.115. The molecule has 2 aromatic heterocycles. The van der Waals surface area contributed by atoms with Gasteiger partial charge in [-0.25, -0.2) is 9.97 Å². The molecule has 5 heteroatoms. The number of H-pyrrole nitrogens is 1. The average Bonchev–Trinajstić information content (AvgIpc) is 2.87. The first kappa shape index (κ1) is 11.4. The van der Waals surface area contributed by atoms with Crippen LogP contribution in [0.3, 0.4) is 0 Å². The van der Waals surface area contributed by atoms with Crippen LogP contribution in [0.2, 0.25) is 0 Å². The molecule has 19 heavy (non-hydrogen) atoms. The zero-order valence-corrected chi connectivity index (χ0v) is 10.1. The van der Waals surface area contributed by atoms with E-state index in [9.17, 15) is 4.79 Å². The molecule has 3 rings (SSSR count). The molecule has 5 nitrogen and oxygen atoms in total. The van der Waals surface area contributed by atoms with E-state index in [1.807, 2.05) is 30.5 Å². The number of nitrogens with one attached hydrogen (secondary N) is 2. The summed E-state index contributed by atoms with van der Waals surface area (Å²) in [5.74, 6) is -0.0790. The van der Waals surface area contributed by atoms with Gasteiger partial charge in [-0.05, 0) is 29.1 Å². The Morgan fingerprint density at radius 1 is 1.21 bits per heavy atom. The Morgan fingerprint density at radius 2 is 2.05 bits per heavy atom. The quantitative estimate of drug-likeness (QED) is 0.750. The average molecular weight is 252 g/mol. The van der Waals surface area contributed by atoms with Crippen molar-refractivity contribution in [3.63, 3.8) is 0 Å². The van der Waals surface area contributed by atoms with Gasteiger partial charge < -0.3 is 10.3 Å². The van der Waals surface area contributed by atoms with E-state index in [0.29, 0.717) is 12.1 Å². The summed E-state index contributed by atoms with van der Waals surface area (Å²) in [7, 11) is 0. The smallest absolute Gasteiger partial charge is 0.228 e. The molecule has 0 aliphatic carbocycles. The Labute approximate surface area is 109 Å². The maximum Gasteiger partial charge on any atom is 0.228 e. The van der Waals surface area contributed by atoms with Crippen molar-refractivity contribution in [1.82, 2.24) is 15.0 Å². The molecule has 0 fully saturated rings. The third kappa shape index (κ3) is 2.60. The summed E-state index contributed by atoms with van der Waals surface area (Å²) < 4.78 is 0. The van der Waals surface area contributed by atoms with Gasteiger partial charge in [-0.1, -0.05) is 6.07 Å². The molecule has 1 amide bonds. The maximum atomic E-state index is 11.9. The zero-order chi connectivity index (χ0) is 13.1. The predicted molar refractivity (Wildman–Crippen MR) is 72.7 cm³/mol. The van der Waals surface area contributed by atoms with Gasteiger partial charge in [0.15, 0.2) is 0 Å². The fourth-order valence-electron chi connectivity index (χ4n) is 1.97. The molecule has 0 bridgehead atoms. The number of hydrogen-bond acceptors (Lipinski definition) is 3. The van der Waals surface area contributed by atoms with Crippen LogP contribution in [-0.4, -0.2) is 20.9 Å². The second kappa shape index (κ2) is 4.89. The molecule has 0 saturated heterocycles. The molecule has 0 aliphatic rings. The lowest BCUT2D eigenvalue weighted by Gasteiger charge is -2.04. The van der Waals surface area contributed by atoms with Gasteiger partial charge in [0.2, 0.25) is 5.91 Å². The van der Waals surface area contributed by atoms with E-state index in [1.54, 1.807) is 12.4 Å². The number of anilines is 1. The first-order chi connectivity index (χ1) is 9.31. The van der Waals surface area contributed by atoms with Crippen molar-refractivity contribution in [1.29, 1.82) is 0 Å². The molecule has 0 aliphatic heterocycles. The number of nitrogens with zero attached hydrogens (tertiary/aromatic N) is 2. The van der Waals surface area contributed by atoms with Crippen molar-refractivity contribution < 1.29 is 4.79 Å². The topological polar surface area (TPSA) is 70.7 Å². The predicted octanol–water partition coefficient (Wildman–Crippen LogP) is 2.14. The summed E-state index contributed by atoms with van der Waals surface area (Å²) in [6.45, 7) is 0. The number of aromatic amines is 1. The summed E-state index contributed by atoms with van der Waals surface area (Å²) in [6, 6.07) is 7.91. The molecule has 94 valence electrons. The molecular weight excluding hydrogens is 240 g/mol. The molecule has 0 spiro atoms. The second-order valence-corrected chi connectivity index (χ2v) is 4.25. The lowest BCUT2D eigenvalue weighted by Crippen LogP contribution is -2.14. The van der Waals surface area contributed by atoms with Gasteiger partial charge in [0.1, 0.15) is 6.33 Å². The van der Waals surface area contributed by atoms with Gasteiger partial charge in [0, 0.05) is 11.7 Å². The number of benzene rings is 1. The summed E-state index contributed by atoms with van der Waals surface area (Å²) >= 11 is 0. The monoisotopic (exact) mass is 252 g/mol. The highest BCUT2D eigenvalue weighted by atomic mass is 16.1. The third-order valence-electron chi connectivity index (χ3n) is 2.83. The van der Waals surface area contributed by atoms with Gasteiger partial charge in [0.05, 0.1) is 24.5 Å². The summed E-state index contributed by atoms with van der Waals surface area (Å²) in [5, 5.41) is 3.87. The number of fused-ring (bicyclic) bond motifs is 1. The SMILES string of the molecule is O=C(Cc1ccc2[nH]ccc2c1)Nc1cncnc1. The van der Waals surface area contributed by atoms with Gasteiger partial charge in [-0.3, -0.25) is 4.79 Å². The van der Waals surface area contributed by atoms with Crippen molar-refractivity contribution >= 4 is 22.5 Å². The highest BCUT2D eigenvalue weighted by Gasteiger charge is 2.05. The van der Waals surface area contributed by atoms with Crippen LogP contribution in [0.4, 0.5) is 5.69 Å². The van der Waals surface area contributed by atoms with E-state index in [-0.39, 0.29) is 5.91 Å². The van der Waals surface area contributed by atoms with E-state index in [2.05, 4.69) is 20.3 Å². The normalized spacial score (nSPS) is 10.5. The van der Waals surface area contributed by atoms with E-state index in [1.165, 1.54) is 6.33 Å². The maximum absolute atomic E-state index is 11.9. The van der Waals surface area contributed by atoms with Crippen LogP contribution in [0, 0.1) is 0 Å². The fraction of sp³-hybridized carbons (Fsp3) is 0.0714. The lowest BCUT2D eigenvalue weighted by atomic mass is 10.1. The van der Waals surface area contributed by atoms with Crippen LogP contribution in [0.25, 0.3) is 10.9 Å². The first-order valence-electron chi connectivity index (χ1n) is 5.92. The summed E-state index contributed by atoms with van der Waals surface area (Å²) in [5.41, 5.74) is 2.65. The minimum Gasteiger partial charge on any atom is -0.361 e. The van der Waals surface area contributed by atoms with Gasteiger partial charge in [-0.15, -0.1) is 0 Å². The Bertz CT molecular complexity index is 706. The molecule has 0 unspecified atom stereocenters. The Morgan fingerprint density at radius 3 is 2.89 bits per heavy atom.